The third-order valence-electron chi connectivity index (χ3n) is 3.08. The lowest BCUT2D eigenvalue weighted by Crippen LogP contribution is -2.44. The molecular formula is C15H20N2O4. The molecule has 0 unspecified atom stereocenters. The SMILES string of the molecule is CNC(=O)CCC(C)(C)NC(=O)c1cccc(C(=O)O)c1. The van der Waals surface area contributed by atoms with Gasteiger partial charge in [0.05, 0.1) is 5.56 Å². The van der Waals surface area contributed by atoms with Crippen LogP contribution in [-0.2, 0) is 4.79 Å². The summed E-state index contributed by atoms with van der Waals surface area (Å²) in [6.07, 6.45) is 0.788. The summed E-state index contributed by atoms with van der Waals surface area (Å²) >= 11 is 0. The van der Waals surface area contributed by atoms with E-state index in [-0.39, 0.29) is 22.9 Å². The van der Waals surface area contributed by atoms with Crippen LogP contribution in [0.2, 0.25) is 0 Å². The van der Waals surface area contributed by atoms with Gasteiger partial charge in [0, 0.05) is 24.6 Å². The number of carbonyl (C=O) groups excluding carboxylic acids is 2. The van der Waals surface area contributed by atoms with Crippen molar-refractivity contribution in [3.63, 3.8) is 0 Å². The van der Waals surface area contributed by atoms with Crippen molar-refractivity contribution in [2.45, 2.75) is 32.2 Å². The number of aromatic carboxylic acids is 1. The molecule has 0 bridgehead atoms. The lowest BCUT2D eigenvalue weighted by molar-refractivity contribution is -0.121. The second-order valence-electron chi connectivity index (χ2n) is 5.40. The standard InChI is InChI=1S/C15H20N2O4/c1-15(2,8-7-12(18)16-3)17-13(19)10-5-4-6-11(9-10)14(20)21/h4-6,9H,7-8H2,1-3H3,(H,16,18)(H,17,19)(H,20,21). The Morgan fingerprint density at radius 2 is 1.81 bits per heavy atom. The van der Waals surface area contributed by atoms with E-state index in [4.69, 9.17) is 5.11 Å². The third-order valence-corrected chi connectivity index (χ3v) is 3.08. The third kappa shape index (κ3) is 5.25. The number of carboxylic acid groups (broad SMARTS) is 1. The first kappa shape index (κ1) is 16.7. The van der Waals surface area contributed by atoms with Gasteiger partial charge in [0.1, 0.15) is 0 Å². The number of rotatable bonds is 6. The van der Waals surface area contributed by atoms with Crippen molar-refractivity contribution in [3.05, 3.63) is 35.4 Å². The van der Waals surface area contributed by atoms with Crippen LogP contribution in [0.3, 0.4) is 0 Å². The first-order valence-corrected chi connectivity index (χ1v) is 6.61. The Morgan fingerprint density at radius 1 is 1.19 bits per heavy atom. The molecule has 0 atom stereocenters. The Kier molecular flexibility index (Phi) is 5.46. The minimum atomic E-state index is -1.08. The molecule has 6 heteroatoms. The molecule has 114 valence electrons. The summed E-state index contributed by atoms with van der Waals surface area (Å²) in [5.74, 6) is -1.53. The molecule has 1 aromatic rings. The summed E-state index contributed by atoms with van der Waals surface area (Å²) in [7, 11) is 1.56. The maximum atomic E-state index is 12.1. The highest BCUT2D eigenvalue weighted by Gasteiger charge is 2.22. The van der Waals surface area contributed by atoms with Gasteiger partial charge in [-0.05, 0) is 38.5 Å². The van der Waals surface area contributed by atoms with Crippen LogP contribution >= 0.6 is 0 Å². The van der Waals surface area contributed by atoms with Crippen molar-refractivity contribution in [3.8, 4) is 0 Å². The summed E-state index contributed by atoms with van der Waals surface area (Å²) in [6.45, 7) is 3.63. The first-order valence-electron chi connectivity index (χ1n) is 6.61. The number of carbonyl (C=O) groups is 3. The number of hydrogen-bond donors (Lipinski definition) is 3. The second kappa shape index (κ2) is 6.88. The number of benzene rings is 1. The Hall–Kier alpha value is -2.37. The smallest absolute Gasteiger partial charge is 0.335 e. The Balaban J connectivity index is 2.73. The maximum Gasteiger partial charge on any atom is 0.335 e. The fraction of sp³-hybridized carbons (Fsp3) is 0.400. The van der Waals surface area contributed by atoms with Gasteiger partial charge >= 0.3 is 5.97 Å². The zero-order valence-electron chi connectivity index (χ0n) is 12.4. The average Bonchev–Trinajstić information content (AvgIpc) is 2.44. The fourth-order valence-corrected chi connectivity index (χ4v) is 1.79. The van der Waals surface area contributed by atoms with E-state index >= 15 is 0 Å². The molecule has 0 aliphatic rings. The van der Waals surface area contributed by atoms with E-state index in [0.717, 1.165) is 0 Å². The highest BCUT2D eigenvalue weighted by molar-refractivity contribution is 5.97. The van der Waals surface area contributed by atoms with Gasteiger partial charge < -0.3 is 15.7 Å². The molecule has 0 aromatic heterocycles. The first-order chi connectivity index (χ1) is 9.75. The van der Waals surface area contributed by atoms with Crippen molar-refractivity contribution in [1.29, 1.82) is 0 Å². The van der Waals surface area contributed by atoms with Crippen LogP contribution in [0, 0.1) is 0 Å². The van der Waals surface area contributed by atoms with Crippen molar-refractivity contribution in [1.82, 2.24) is 10.6 Å². The Labute approximate surface area is 123 Å². The van der Waals surface area contributed by atoms with E-state index in [1.54, 1.807) is 13.1 Å². The van der Waals surface area contributed by atoms with Crippen LogP contribution in [0.1, 0.15) is 47.4 Å². The molecule has 21 heavy (non-hydrogen) atoms. The zero-order chi connectivity index (χ0) is 16.0. The van der Waals surface area contributed by atoms with E-state index in [0.29, 0.717) is 12.8 Å². The lowest BCUT2D eigenvalue weighted by Gasteiger charge is -2.26. The Bertz CT molecular complexity index is 552. The number of amides is 2. The van der Waals surface area contributed by atoms with Gasteiger partial charge in [-0.3, -0.25) is 9.59 Å². The summed E-state index contributed by atoms with van der Waals surface area (Å²) in [4.78, 5) is 34.3. The van der Waals surface area contributed by atoms with Gasteiger partial charge in [0.2, 0.25) is 5.91 Å². The number of hydrogen-bond acceptors (Lipinski definition) is 3. The van der Waals surface area contributed by atoms with Crippen molar-refractivity contribution in [2.24, 2.45) is 0 Å². The van der Waals surface area contributed by atoms with E-state index < -0.39 is 11.5 Å². The molecule has 2 amide bonds. The average molecular weight is 292 g/mol. The quantitative estimate of drug-likeness (QED) is 0.739. The number of nitrogens with one attached hydrogen (secondary N) is 2. The highest BCUT2D eigenvalue weighted by Crippen LogP contribution is 2.13. The molecular weight excluding hydrogens is 272 g/mol. The predicted molar refractivity (Wildman–Crippen MR) is 78.2 cm³/mol. The predicted octanol–water partition coefficient (Wildman–Crippen LogP) is 1.42. The molecule has 0 radical (unpaired) electrons. The van der Waals surface area contributed by atoms with Crippen LogP contribution in [0.4, 0.5) is 0 Å². The summed E-state index contributed by atoms with van der Waals surface area (Å²) in [5.41, 5.74) is -0.225. The Morgan fingerprint density at radius 3 is 2.38 bits per heavy atom. The fourth-order valence-electron chi connectivity index (χ4n) is 1.79. The molecule has 0 spiro atoms. The van der Waals surface area contributed by atoms with E-state index in [1.807, 2.05) is 13.8 Å². The van der Waals surface area contributed by atoms with Crippen molar-refractivity contribution in [2.75, 3.05) is 7.05 Å². The summed E-state index contributed by atoms with van der Waals surface area (Å²) in [5, 5.41) is 14.3. The van der Waals surface area contributed by atoms with Gasteiger partial charge in [-0.1, -0.05) is 6.07 Å². The van der Waals surface area contributed by atoms with Gasteiger partial charge in [-0.25, -0.2) is 4.79 Å². The molecule has 0 aliphatic carbocycles. The normalized spacial score (nSPS) is 10.8. The van der Waals surface area contributed by atoms with Gasteiger partial charge in [-0.2, -0.15) is 0 Å². The monoisotopic (exact) mass is 292 g/mol. The van der Waals surface area contributed by atoms with Crippen molar-refractivity contribution < 1.29 is 19.5 Å². The van der Waals surface area contributed by atoms with Gasteiger partial charge in [0.15, 0.2) is 0 Å². The van der Waals surface area contributed by atoms with Crippen molar-refractivity contribution >= 4 is 17.8 Å². The molecule has 0 aliphatic heterocycles. The molecule has 0 saturated heterocycles. The number of carboxylic acids is 1. The minimum absolute atomic E-state index is 0.0609. The van der Waals surface area contributed by atoms with Crippen LogP contribution in [0.5, 0.6) is 0 Å². The van der Waals surface area contributed by atoms with E-state index in [2.05, 4.69) is 10.6 Å². The summed E-state index contributed by atoms with van der Waals surface area (Å²) < 4.78 is 0. The zero-order valence-corrected chi connectivity index (χ0v) is 12.4. The van der Waals surface area contributed by atoms with Crippen LogP contribution < -0.4 is 10.6 Å². The van der Waals surface area contributed by atoms with Crippen LogP contribution in [0.15, 0.2) is 24.3 Å². The van der Waals surface area contributed by atoms with Gasteiger partial charge in [-0.15, -0.1) is 0 Å². The maximum absolute atomic E-state index is 12.1. The molecule has 6 nitrogen and oxygen atoms in total. The highest BCUT2D eigenvalue weighted by atomic mass is 16.4. The van der Waals surface area contributed by atoms with Crippen LogP contribution in [0.25, 0.3) is 0 Å². The molecule has 0 fully saturated rings. The molecule has 3 N–H and O–H groups in total. The lowest BCUT2D eigenvalue weighted by atomic mass is 9.97. The molecule has 1 aromatic carbocycles. The minimum Gasteiger partial charge on any atom is -0.478 e. The van der Waals surface area contributed by atoms with E-state index in [9.17, 15) is 14.4 Å². The largest absolute Gasteiger partial charge is 0.478 e. The molecule has 1 rings (SSSR count). The van der Waals surface area contributed by atoms with Crippen LogP contribution in [-0.4, -0.2) is 35.5 Å². The van der Waals surface area contributed by atoms with Gasteiger partial charge in [0.25, 0.3) is 5.91 Å². The summed E-state index contributed by atoms with van der Waals surface area (Å²) in [6, 6.07) is 5.83. The van der Waals surface area contributed by atoms with E-state index in [1.165, 1.54) is 18.2 Å². The topological polar surface area (TPSA) is 95.5 Å². The molecule has 0 saturated carbocycles. The second-order valence-corrected chi connectivity index (χ2v) is 5.40. The molecule has 0 heterocycles.